The van der Waals surface area contributed by atoms with Gasteiger partial charge < -0.3 is 20.3 Å². The zero-order valence-electron chi connectivity index (χ0n) is 9.64. The molecule has 1 aromatic carbocycles. The average molecular weight is 262 g/mol. The van der Waals surface area contributed by atoms with Crippen molar-refractivity contribution in [1.82, 2.24) is 5.32 Å². The van der Waals surface area contributed by atoms with E-state index in [1.807, 2.05) is 0 Å². The number of phenols is 1. The van der Waals surface area contributed by atoms with Crippen LogP contribution in [0.3, 0.4) is 0 Å². The lowest BCUT2D eigenvalue weighted by Gasteiger charge is -2.27. The van der Waals surface area contributed by atoms with Crippen LogP contribution >= 0.6 is 12.4 Å². The van der Waals surface area contributed by atoms with Crippen molar-refractivity contribution < 1.29 is 19.7 Å². The second-order valence-electron chi connectivity index (χ2n) is 3.46. The van der Waals surface area contributed by atoms with Crippen molar-refractivity contribution in [3.63, 3.8) is 0 Å². The van der Waals surface area contributed by atoms with Gasteiger partial charge in [-0.1, -0.05) is 12.1 Å². The first-order chi connectivity index (χ1) is 7.48. The molecule has 0 bridgehead atoms. The minimum atomic E-state index is -1.76. The summed E-state index contributed by atoms with van der Waals surface area (Å²) in [5.74, 6) is -2.36. The van der Waals surface area contributed by atoms with E-state index >= 15 is 0 Å². The number of likely N-dealkylation sites (N-methyl/N-ethyl adjacent to an activating group) is 1. The molecule has 0 radical (unpaired) electrons. The first kappa shape index (κ1) is 15.7. The largest absolute Gasteiger partial charge is 0.508 e. The normalized spacial score (nSPS) is 13.4. The second-order valence-corrected chi connectivity index (χ2v) is 3.46. The summed E-state index contributed by atoms with van der Waals surface area (Å²) in [6.07, 6.45) is 0. The van der Waals surface area contributed by atoms with Crippen molar-refractivity contribution in [2.24, 2.45) is 0 Å². The Morgan fingerprint density at radius 2 is 2.18 bits per heavy atom. The summed E-state index contributed by atoms with van der Waals surface area (Å²) in [7, 11) is 1.62. The number of phenolic OH excluding ortho intramolecular Hbond substituents is 1. The van der Waals surface area contributed by atoms with Gasteiger partial charge in [0.25, 0.3) is 5.79 Å². The van der Waals surface area contributed by atoms with Crippen LogP contribution in [0.1, 0.15) is 12.5 Å². The first-order valence-electron chi connectivity index (χ1n) is 4.84. The van der Waals surface area contributed by atoms with Crippen LogP contribution in [-0.4, -0.2) is 29.8 Å². The number of nitrogens with one attached hydrogen (secondary N) is 1. The fourth-order valence-corrected chi connectivity index (χ4v) is 1.42. The number of carbonyl (C=O) groups excluding carboxylic acids is 1. The van der Waals surface area contributed by atoms with E-state index < -0.39 is 11.8 Å². The fourth-order valence-electron chi connectivity index (χ4n) is 1.42. The van der Waals surface area contributed by atoms with Gasteiger partial charge in [-0.15, -0.1) is 12.4 Å². The standard InChI is InChI=1S/C11H15NO4.ClH/c1-8(13)16-11(15,7-12-2)9-4-3-5-10(14)6-9;/h3-6,12,14-15H,7H2,1-2H3;1H. The monoisotopic (exact) mass is 261 g/mol. The highest BCUT2D eigenvalue weighted by molar-refractivity contribution is 5.85. The Hall–Kier alpha value is -1.30. The minimum absolute atomic E-state index is 0. The number of benzene rings is 1. The molecule has 0 fully saturated rings. The minimum Gasteiger partial charge on any atom is -0.508 e. The van der Waals surface area contributed by atoms with Gasteiger partial charge in [0.05, 0.1) is 6.54 Å². The van der Waals surface area contributed by atoms with E-state index in [4.69, 9.17) is 4.74 Å². The zero-order valence-corrected chi connectivity index (χ0v) is 10.5. The van der Waals surface area contributed by atoms with Crippen molar-refractivity contribution in [3.8, 4) is 5.75 Å². The van der Waals surface area contributed by atoms with Gasteiger partial charge in [0.2, 0.25) is 0 Å². The Balaban J connectivity index is 0.00000256. The molecule has 6 heteroatoms. The SMILES string of the molecule is CNCC(O)(OC(C)=O)c1cccc(O)c1.Cl. The number of rotatable bonds is 4. The first-order valence-corrected chi connectivity index (χ1v) is 4.84. The summed E-state index contributed by atoms with van der Waals surface area (Å²) in [6.45, 7) is 1.25. The van der Waals surface area contributed by atoms with E-state index in [0.29, 0.717) is 5.56 Å². The molecule has 1 aromatic rings. The molecule has 0 saturated heterocycles. The van der Waals surface area contributed by atoms with Crippen molar-refractivity contribution in [2.45, 2.75) is 12.7 Å². The van der Waals surface area contributed by atoms with Gasteiger partial charge in [0.1, 0.15) is 5.75 Å². The quantitative estimate of drug-likeness (QED) is 0.550. The molecule has 1 unspecified atom stereocenters. The molecule has 0 aliphatic heterocycles. The predicted molar refractivity (Wildman–Crippen MR) is 64.9 cm³/mol. The molecule has 0 amide bonds. The highest BCUT2D eigenvalue weighted by Gasteiger charge is 2.32. The van der Waals surface area contributed by atoms with Crippen LogP contribution in [0, 0.1) is 0 Å². The molecule has 0 aliphatic rings. The fraction of sp³-hybridized carbons (Fsp3) is 0.364. The molecule has 0 heterocycles. The second kappa shape index (κ2) is 6.44. The lowest BCUT2D eigenvalue weighted by Crippen LogP contribution is -2.40. The van der Waals surface area contributed by atoms with Crippen LogP contribution < -0.4 is 5.32 Å². The number of hydrogen-bond acceptors (Lipinski definition) is 5. The number of carbonyl (C=O) groups is 1. The van der Waals surface area contributed by atoms with Crippen LogP contribution in [0.15, 0.2) is 24.3 Å². The van der Waals surface area contributed by atoms with Gasteiger partial charge in [-0.2, -0.15) is 0 Å². The Bertz CT molecular complexity index is 385. The molecule has 0 saturated carbocycles. The van der Waals surface area contributed by atoms with Gasteiger partial charge in [-0.25, -0.2) is 0 Å². The number of halogens is 1. The number of hydrogen-bond donors (Lipinski definition) is 3. The molecule has 5 nitrogen and oxygen atoms in total. The van der Waals surface area contributed by atoms with Crippen molar-refractivity contribution >= 4 is 18.4 Å². The van der Waals surface area contributed by atoms with Crippen molar-refractivity contribution in [1.29, 1.82) is 0 Å². The summed E-state index contributed by atoms with van der Waals surface area (Å²) in [6, 6.07) is 5.95. The summed E-state index contributed by atoms with van der Waals surface area (Å²) in [5, 5.41) is 22.2. The van der Waals surface area contributed by atoms with Crippen molar-refractivity contribution in [2.75, 3.05) is 13.6 Å². The number of aromatic hydroxyl groups is 1. The average Bonchev–Trinajstić information content (AvgIpc) is 2.16. The lowest BCUT2D eigenvalue weighted by atomic mass is 10.1. The molecule has 3 N–H and O–H groups in total. The van der Waals surface area contributed by atoms with E-state index in [1.165, 1.54) is 19.1 Å². The van der Waals surface area contributed by atoms with E-state index in [1.54, 1.807) is 19.2 Å². The molecular formula is C11H16ClNO4. The third kappa shape index (κ3) is 4.22. The topological polar surface area (TPSA) is 78.8 Å². The molecule has 1 atom stereocenters. The van der Waals surface area contributed by atoms with Gasteiger partial charge in [-0.05, 0) is 19.2 Å². The lowest BCUT2D eigenvalue weighted by molar-refractivity contribution is -0.210. The number of ether oxygens (including phenoxy) is 1. The summed E-state index contributed by atoms with van der Waals surface area (Å²) in [4.78, 5) is 10.9. The molecule has 1 rings (SSSR count). The Morgan fingerprint density at radius 3 is 2.65 bits per heavy atom. The van der Waals surface area contributed by atoms with E-state index in [2.05, 4.69) is 5.32 Å². The third-order valence-corrected chi connectivity index (χ3v) is 2.03. The van der Waals surface area contributed by atoms with Gasteiger partial charge in [-0.3, -0.25) is 4.79 Å². The molecular weight excluding hydrogens is 246 g/mol. The van der Waals surface area contributed by atoms with E-state index in [0.717, 1.165) is 0 Å². The summed E-state index contributed by atoms with van der Waals surface area (Å²) in [5.41, 5.74) is 0.317. The van der Waals surface area contributed by atoms with E-state index in [-0.39, 0.29) is 24.7 Å². The Labute approximate surface area is 106 Å². The highest BCUT2D eigenvalue weighted by atomic mass is 35.5. The van der Waals surface area contributed by atoms with Gasteiger partial charge >= 0.3 is 5.97 Å². The van der Waals surface area contributed by atoms with Crippen molar-refractivity contribution in [3.05, 3.63) is 29.8 Å². The Kier molecular flexibility index (Phi) is 5.95. The summed E-state index contributed by atoms with van der Waals surface area (Å²) < 4.78 is 4.86. The zero-order chi connectivity index (χ0) is 12.2. The van der Waals surface area contributed by atoms with Crippen LogP contribution in [0.25, 0.3) is 0 Å². The highest BCUT2D eigenvalue weighted by Crippen LogP contribution is 2.25. The van der Waals surface area contributed by atoms with Crippen LogP contribution in [0.4, 0.5) is 0 Å². The molecule has 17 heavy (non-hydrogen) atoms. The molecule has 0 aliphatic carbocycles. The smallest absolute Gasteiger partial charge is 0.305 e. The number of aliphatic hydroxyl groups is 1. The maximum atomic E-state index is 10.9. The van der Waals surface area contributed by atoms with E-state index in [9.17, 15) is 15.0 Å². The molecule has 0 aromatic heterocycles. The van der Waals surface area contributed by atoms with Gasteiger partial charge in [0.15, 0.2) is 0 Å². The Morgan fingerprint density at radius 1 is 1.53 bits per heavy atom. The maximum Gasteiger partial charge on any atom is 0.305 e. The van der Waals surface area contributed by atoms with Crippen LogP contribution in [0.5, 0.6) is 5.75 Å². The van der Waals surface area contributed by atoms with Crippen LogP contribution in [-0.2, 0) is 15.3 Å². The molecule has 96 valence electrons. The molecule has 0 spiro atoms. The van der Waals surface area contributed by atoms with Gasteiger partial charge in [0, 0.05) is 12.5 Å². The summed E-state index contributed by atoms with van der Waals surface area (Å²) >= 11 is 0. The third-order valence-electron chi connectivity index (χ3n) is 2.03. The maximum absolute atomic E-state index is 10.9. The predicted octanol–water partition coefficient (Wildman–Crippen LogP) is 0.742. The van der Waals surface area contributed by atoms with Crippen LogP contribution in [0.2, 0.25) is 0 Å². The number of esters is 1.